The Hall–Kier alpha value is -2.75. The number of Topliss-reactive ketones (excluding diaryl/α,β-unsaturated/α-hetero) is 2. The molecule has 0 aromatic heterocycles. The Morgan fingerprint density at radius 1 is 0.952 bits per heavy atom. The van der Waals surface area contributed by atoms with Crippen LogP contribution in [0.1, 0.15) is 23.7 Å². The van der Waals surface area contributed by atoms with Crippen molar-refractivity contribution in [3.8, 4) is 0 Å². The third-order valence-electron chi connectivity index (χ3n) is 2.50. The van der Waals surface area contributed by atoms with E-state index in [9.17, 15) is 14.4 Å². The molecule has 0 aliphatic carbocycles. The largest absolute Gasteiger partial charge is 0.329 e. The zero-order valence-corrected chi connectivity index (χ0v) is 11.8. The van der Waals surface area contributed by atoms with Crippen molar-refractivity contribution in [2.24, 2.45) is 0 Å². The summed E-state index contributed by atoms with van der Waals surface area (Å²) in [5.41, 5.74) is 1.43. The lowest BCUT2D eigenvalue weighted by Crippen LogP contribution is -2.04. The van der Waals surface area contributed by atoms with Crippen molar-refractivity contribution in [1.29, 1.82) is 0 Å². The smallest absolute Gasteiger partial charge is 0.211 e. The molecule has 2 aromatic rings. The van der Waals surface area contributed by atoms with Gasteiger partial charge in [-0.3, -0.25) is 14.4 Å². The third-order valence-corrected chi connectivity index (χ3v) is 2.50. The Morgan fingerprint density at radius 3 is 1.95 bits per heavy atom. The van der Waals surface area contributed by atoms with Crippen LogP contribution < -0.4 is 5.32 Å². The first-order chi connectivity index (χ1) is 10.1. The molecule has 0 aliphatic rings. The van der Waals surface area contributed by atoms with Crippen molar-refractivity contribution >= 4 is 23.7 Å². The summed E-state index contributed by atoms with van der Waals surface area (Å²) in [6.07, 6.45) is 0.666. The monoisotopic (exact) mass is 283 g/mol. The molecular formula is C17H17NO3. The molecule has 2 aromatic carbocycles. The van der Waals surface area contributed by atoms with E-state index >= 15 is 0 Å². The van der Waals surface area contributed by atoms with Gasteiger partial charge < -0.3 is 5.32 Å². The summed E-state index contributed by atoms with van der Waals surface area (Å²) in [5, 5.41) is 2.53. The summed E-state index contributed by atoms with van der Waals surface area (Å²) >= 11 is 0. The zero-order chi connectivity index (χ0) is 15.5. The maximum absolute atomic E-state index is 11.2. The van der Waals surface area contributed by atoms with E-state index in [0.717, 1.165) is 5.69 Å². The van der Waals surface area contributed by atoms with E-state index in [1.165, 1.54) is 6.92 Å². The van der Waals surface area contributed by atoms with E-state index in [2.05, 4.69) is 5.32 Å². The molecule has 21 heavy (non-hydrogen) atoms. The Bertz CT molecular complexity index is 579. The number of rotatable bonds is 5. The highest BCUT2D eigenvalue weighted by Gasteiger charge is 2.06. The molecule has 2 rings (SSSR count). The molecule has 0 heterocycles. The fourth-order valence-corrected chi connectivity index (χ4v) is 1.55. The normalized spacial score (nSPS) is 9.00. The van der Waals surface area contributed by atoms with E-state index in [1.807, 2.05) is 36.4 Å². The number of amides is 1. The van der Waals surface area contributed by atoms with Crippen molar-refractivity contribution < 1.29 is 14.4 Å². The summed E-state index contributed by atoms with van der Waals surface area (Å²) in [7, 11) is 0. The van der Waals surface area contributed by atoms with Crippen LogP contribution in [0.15, 0.2) is 60.7 Å². The highest BCUT2D eigenvalue weighted by molar-refractivity contribution is 6.07. The molecule has 4 nitrogen and oxygen atoms in total. The number of nitrogens with one attached hydrogen (secondary N) is 1. The van der Waals surface area contributed by atoms with Crippen molar-refractivity contribution in [3.05, 3.63) is 66.2 Å². The summed E-state index contributed by atoms with van der Waals surface area (Å²) < 4.78 is 0. The predicted octanol–water partition coefficient (Wildman–Crippen LogP) is 3.10. The summed E-state index contributed by atoms with van der Waals surface area (Å²) in [5.74, 6) is -0.202. The molecule has 1 amide bonds. The Kier molecular flexibility index (Phi) is 7.14. The molecule has 0 spiro atoms. The van der Waals surface area contributed by atoms with Crippen LogP contribution >= 0.6 is 0 Å². The first kappa shape index (κ1) is 16.3. The predicted molar refractivity (Wildman–Crippen MR) is 82.2 cm³/mol. The van der Waals surface area contributed by atoms with Gasteiger partial charge in [0, 0.05) is 11.3 Å². The van der Waals surface area contributed by atoms with Crippen LogP contribution in [0.25, 0.3) is 0 Å². The first-order valence-corrected chi connectivity index (χ1v) is 6.46. The highest BCUT2D eigenvalue weighted by Crippen LogP contribution is 2.03. The number of anilines is 1. The second kappa shape index (κ2) is 9.20. The van der Waals surface area contributed by atoms with E-state index in [4.69, 9.17) is 0 Å². The molecule has 0 saturated carbocycles. The van der Waals surface area contributed by atoms with Crippen LogP contribution in [0.3, 0.4) is 0 Å². The average Bonchev–Trinajstić information content (AvgIpc) is 2.49. The van der Waals surface area contributed by atoms with Gasteiger partial charge in [-0.25, -0.2) is 0 Å². The molecule has 1 N–H and O–H groups in total. The van der Waals surface area contributed by atoms with E-state index in [-0.39, 0.29) is 18.0 Å². The third kappa shape index (κ3) is 6.82. The molecule has 0 saturated heterocycles. The highest BCUT2D eigenvalue weighted by atomic mass is 16.1. The maximum atomic E-state index is 11.2. The van der Waals surface area contributed by atoms with E-state index in [0.29, 0.717) is 12.0 Å². The molecule has 0 radical (unpaired) electrons. The summed E-state index contributed by atoms with van der Waals surface area (Å²) in [6.45, 7) is 1.42. The second-order valence-electron chi connectivity index (χ2n) is 4.30. The van der Waals surface area contributed by atoms with Gasteiger partial charge in [-0.1, -0.05) is 48.5 Å². The first-order valence-electron chi connectivity index (χ1n) is 6.46. The van der Waals surface area contributed by atoms with Crippen LogP contribution in [0.4, 0.5) is 5.69 Å². The lowest BCUT2D eigenvalue weighted by molar-refractivity contribution is -0.116. The van der Waals surface area contributed by atoms with Gasteiger partial charge >= 0.3 is 0 Å². The Morgan fingerprint density at radius 2 is 1.48 bits per heavy atom. The maximum Gasteiger partial charge on any atom is 0.211 e. The number of carbonyl (C=O) groups excluding carboxylic acids is 3. The van der Waals surface area contributed by atoms with Crippen LogP contribution in [-0.2, 0) is 9.59 Å². The van der Waals surface area contributed by atoms with Crippen molar-refractivity contribution in [3.63, 3.8) is 0 Å². The average molecular weight is 283 g/mol. The minimum Gasteiger partial charge on any atom is -0.329 e. The van der Waals surface area contributed by atoms with Gasteiger partial charge in [0.15, 0.2) is 5.78 Å². The molecule has 108 valence electrons. The molecule has 0 bridgehead atoms. The summed E-state index contributed by atoms with van der Waals surface area (Å²) in [6, 6.07) is 18.1. The molecule has 0 fully saturated rings. The molecule has 0 unspecified atom stereocenters. The minimum atomic E-state index is -0.108. The van der Waals surface area contributed by atoms with Crippen LogP contribution in [0, 0.1) is 0 Å². The molecular weight excluding hydrogens is 266 g/mol. The van der Waals surface area contributed by atoms with Crippen LogP contribution in [0.5, 0.6) is 0 Å². The van der Waals surface area contributed by atoms with E-state index < -0.39 is 0 Å². The van der Waals surface area contributed by atoms with Crippen molar-refractivity contribution in [2.45, 2.75) is 13.3 Å². The van der Waals surface area contributed by atoms with Crippen LogP contribution in [0.2, 0.25) is 0 Å². The van der Waals surface area contributed by atoms with Gasteiger partial charge in [0.25, 0.3) is 0 Å². The molecule has 4 heteroatoms. The number of para-hydroxylation sites is 1. The fraction of sp³-hybridized carbons (Fsp3) is 0.118. The Labute approximate surface area is 123 Å². The number of carbonyl (C=O) groups is 3. The topological polar surface area (TPSA) is 63.2 Å². The summed E-state index contributed by atoms with van der Waals surface area (Å²) in [4.78, 5) is 31.7. The van der Waals surface area contributed by atoms with Gasteiger partial charge in [0.1, 0.15) is 5.78 Å². The van der Waals surface area contributed by atoms with Gasteiger partial charge in [-0.05, 0) is 19.1 Å². The van der Waals surface area contributed by atoms with Gasteiger partial charge in [-0.2, -0.15) is 0 Å². The standard InChI is InChI=1S/C10H10O2.C7H7NO/c1-8(11)7-10(12)9-5-3-2-4-6-9;9-6-8-7-4-2-1-3-5-7/h2-6H,7H2,1H3;1-6H,(H,8,9). The lowest BCUT2D eigenvalue weighted by Gasteiger charge is -1.95. The van der Waals surface area contributed by atoms with Crippen molar-refractivity contribution in [2.75, 3.05) is 5.32 Å². The fourth-order valence-electron chi connectivity index (χ4n) is 1.55. The Balaban J connectivity index is 0.000000219. The van der Waals surface area contributed by atoms with Gasteiger partial charge in [0.05, 0.1) is 6.42 Å². The second-order valence-corrected chi connectivity index (χ2v) is 4.30. The quantitative estimate of drug-likeness (QED) is 0.521. The SMILES string of the molecule is CC(=O)CC(=O)c1ccccc1.O=CNc1ccccc1. The zero-order valence-electron chi connectivity index (χ0n) is 11.8. The van der Waals surface area contributed by atoms with Crippen molar-refractivity contribution in [1.82, 2.24) is 0 Å². The van der Waals surface area contributed by atoms with Gasteiger partial charge in [0.2, 0.25) is 6.41 Å². The molecule has 0 aliphatic heterocycles. The number of hydrogen-bond acceptors (Lipinski definition) is 3. The minimum absolute atomic E-state index is 0.00398. The van der Waals surface area contributed by atoms with Crippen LogP contribution in [-0.4, -0.2) is 18.0 Å². The number of benzene rings is 2. The lowest BCUT2D eigenvalue weighted by atomic mass is 10.1. The number of hydrogen-bond donors (Lipinski definition) is 1. The van der Waals surface area contributed by atoms with Gasteiger partial charge in [-0.15, -0.1) is 0 Å². The molecule has 0 atom stereocenters. The number of ketones is 2. The van der Waals surface area contributed by atoms with E-state index in [1.54, 1.807) is 24.3 Å².